The van der Waals surface area contributed by atoms with Crippen LogP contribution in [0.1, 0.15) is 25.7 Å². The van der Waals surface area contributed by atoms with Crippen LogP contribution in [0.5, 0.6) is 0 Å². The molecule has 74 valence electrons. The Morgan fingerprint density at radius 2 is 2.31 bits per heavy atom. The summed E-state index contributed by atoms with van der Waals surface area (Å²) in [6.07, 6.45) is 5.92. The fourth-order valence-electron chi connectivity index (χ4n) is 2.28. The third kappa shape index (κ3) is 2.27. The highest BCUT2D eigenvalue weighted by Gasteiger charge is 2.39. The maximum absolute atomic E-state index is 12.8. The van der Waals surface area contributed by atoms with E-state index in [1.165, 1.54) is 0 Å². The molecule has 0 bridgehead atoms. The quantitative estimate of drug-likeness (QED) is 0.654. The molecule has 1 nitrogen and oxygen atoms in total. The lowest BCUT2D eigenvalue weighted by Gasteiger charge is -2.14. The highest BCUT2D eigenvalue weighted by molar-refractivity contribution is 5.03. The van der Waals surface area contributed by atoms with Crippen LogP contribution in [0.15, 0.2) is 12.2 Å². The van der Waals surface area contributed by atoms with Crippen molar-refractivity contribution in [1.29, 1.82) is 0 Å². The minimum absolute atomic E-state index is 0.0914. The standard InChI is InChI=1S/C10H15F2N/c11-10(12)4-3-8(7-10)6-9-2-1-5-13-9/h1-2,8-9,13H,3-7H2. The third-order valence-electron chi connectivity index (χ3n) is 2.96. The second kappa shape index (κ2) is 3.37. The molecule has 0 amide bonds. The normalized spacial score (nSPS) is 37.1. The zero-order chi connectivity index (χ0) is 9.31. The highest BCUT2D eigenvalue weighted by atomic mass is 19.3. The molecule has 3 heteroatoms. The molecule has 1 aliphatic carbocycles. The largest absolute Gasteiger partial charge is 0.307 e. The molecule has 2 rings (SSSR count). The number of alkyl halides is 2. The summed E-state index contributed by atoms with van der Waals surface area (Å²) in [4.78, 5) is 0. The first-order valence-electron chi connectivity index (χ1n) is 4.94. The van der Waals surface area contributed by atoms with Gasteiger partial charge in [-0.2, -0.15) is 0 Å². The molecule has 2 aliphatic rings. The summed E-state index contributed by atoms with van der Waals surface area (Å²) in [6, 6.07) is 0.346. The van der Waals surface area contributed by atoms with Crippen LogP contribution in [-0.4, -0.2) is 18.5 Å². The van der Waals surface area contributed by atoms with Crippen LogP contribution in [0.4, 0.5) is 8.78 Å². The first kappa shape index (κ1) is 9.13. The number of halogens is 2. The van der Waals surface area contributed by atoms with Gasteiger partial charge >= 0.3 is 0 Å². The van der Waals surface area contributed by atoms with Gasteiger partial charge in [-0.1, -0.05) is 12.2 Å². The molecule has 0 spiro atoms. The molecule has 0 saturated heterocycles. The van der Waals surface area contributed by atoms with E-state index in [0.717, 1.165) is 13.0 Å². The predicted octanol–water partition coefficient (Wildman–Crippen LogP) is 2.34. The number of rotatable bonds is 2. The van der Waals surface area contributed by atoms with Crippen molar-refractivity contribution in [3.05, 3.63) is 12.2 Å². The average Bonchev–Trinajstić information content (AvgIpc) is 2.61. The number of nitrogens with one attached hydrogen (secondary N) is 1. The number of hydrogen-bond donors (Lipinski definition) is 1. The fraction of sp³-hybridized carbons (Fsp3) is 0.800. The molecular weight excluding hydrogens is 172 g/mol. The lowest BCUT2D eigenvalue weighted by molar-refractivity contribution is 0.00454. The summed E-state index contributed by atoms with van der Waals surface area (Å²) in [6.45, 7) is 0.897. The smallest absolute Gasteiger partial charge is 0.248 e. The maximum Gasteiger partial charge on any atom is 0.248 e. The van der Waals surface area contributed by atoms with Crippen molar-refractivity contribution in [2.45, 2.75) is 37.6 Å². The SMILES string of the molecule is FC1(F)CCC(CC2C=CCN2)C1. The van der Waals surface area contributed by atoms with E-state index in [0.29, 0.717) is 12.5 Å². The van der Waals surface area contributed by atoms with E-state index in [1.54, 1.807) is 0 Å². The van der Waals surface area contributed by atoms with Crippen molar-refractivity contribution in [2.24, 2.45) is 5.92 Å². The van der Waals surface area contributed by atoms with Crippen molar-refractivity contribution in [2.75, 3.05) is 6.54 Å². The molecule has 1 N–H and O–H groups in total. The molecule has 2 atom stereocenters. The van der Waals surface area contributed by atoms with Crippen LogP contribution in [0, 0.1) is 5.92 Å². The van der Waals surface area contributed by atoms with Gasteiger partial charge in [-0.3, -0.25) is 0 Å². The van der Waals surface area contributed by atoms with Gasteiger partial charge in [0.1, 0.15) is 0 Å². The third-order valence-corrected chi connectivity index (χ3v) is 2.96. The Bertz CT molecular complexity index is 213. The second-order valence-corrected chi connectivity index (χ2v) is 4.14. The van der Waals surface area contributed by atoms with Crippen LogP contribution in [0.25, 0.3) is 0 Å². The first-order chi connectivity index (χ1) is 6.16. The van der Waals surface area contributed by atoms with Crippen LogP contribution < -0.4 is 5.32 Å². The topological polar surface area (TPSA) is 12.0 Å². The van der Waals surface area contributed by atoms with Crippen LogP contribution in [0.3, 0.4) is 0 Å². The molecule has 0 radical (unpaired) electrons. The van der Waals surface area contributed by atoms with Crippen LogP contribution >= 0.6 is 0 Å². The van der Waals surface area contributed by atoms with E-state index in [4.69, 9.17) is 0 Å². The van der Waals surface area contributed by atoms with Crippen molar-refractivity contribution < 1.29 is 8.78 Å². The Balaban J connectivity index is 1.80. The Hall–Kier alpha value is -0.440. The fourth-order valence-corrected chi connectivity index (χ4v) is 2.28. The molecule has 13 heavy (non-hydrogen) atoms. The van der Waals surface area contributed by atoms with Gasteiger partial charge < -0.3 is 5.32 Å². The van der Waals surface area contributed by atoms with E-state index < -0.39 is 5.92 Å². The molecule has 1 saturated carbocycles. The molecule has 0 aromatic carbocycles. The Morgan fingerprint density at radius 3 is 2.85 bits per heavy atom. The average molecular weight is 187 g/mol. The van der Waals surface area contributed by atoms with E-state index in [9.17, 15) is 8.78 Å². The summed E-state index contributed by atoms with van der Waals surface area (Å²) in [7, 11) is 0. The van der Waals surface area contributed by atoms with Crippen molar-refractivity contribution in [3.63, 3.8) is 0 Å². The van der Waals surface area contributed by atoms with Gasteiger partial charge in [0.25, 0.3) is 0 Å². The molecule has 1 heterocycles. The molecular formula is C10H15F2N. The minimum Gasteiger partial charge on any atom is -0.307 e. The van der Waals surface area contributed by atoms with Gasteiger partial charge in [0.05, 0.1) is 0 Å². The Labute approximate surface area is 77.2 Å². The van der Waals surface area contributed by atoms with Crippen LogP contribution in [0.2, 0.25) is 0 Å². The van der Waals surface area contributed by atoms with E-state index >= 15 is 0 Å². The van der Waals surface area contributed by atoms with E-state index in [-0.39, 0.29) is 18.8 Å². The van der Waals surface area contributed by atoms with Crippen molar-refractivity contribution in [1.82, 2.24) is 5.32 Å². The Morgan fingerprint density at radius 1 is 1.46 bits per heavy atom. The zero-order valence-electron chi connectivity index (χ0n) is 7.60. The molecule has 0 aromatic heterocycles. The molecule has 2 unspecified atom stereocenters. The first-order valence-corrected chi connectivity index (χ1v) is 4.94. The van der Waals surface area contributed by atoms with Gasteiger partial charge in [-0.25, -0.2) is 8.78 Å². The van der Waals surface area contributed by atoms with Crippen molar-refractivity contribution >= 4 is 0 Å². The number of hydrogen-bond acceptors (Lipinski definition) is 1. The second-order valence-electron chi connectivity index (χ2n) is 4.14. The molecule has 0 aromatic rings. The van der Waals surface area contributed by atoms with Gasteiger partial charge in [0.2, 0.25) is 5.92 Å². The van der Waals surface area contributed by atoms with Gasteiger partial charge in [-0.05, 0) is 18.8 Å². The summed E-state index contributed by atoms with van der Waals surface area (Å²) in [5.41, 5.74) is 0. The summed E-state index contributed by atoms with van der Waals surface area (Å²) >= 11 is 0. The summed E-state index contributed by atoms with van der Waals surface area (Å²) in [5, 5.41) is 3.25. The maximum atomic E-state index is 12.8. The molecule has 1 aliphatic heterocycles. The monoisotopic (exact) mass is 187 g/mol. The van der Waals surface area contributed by atoms with Gasteiger partial charge in [-0.15, -0.1) is 0 Å². The van der Waals surface area contributed by atoms with Crippen molar-refractivity contribution in [3.8, 4) is 0 Å². The van der Waals surface area contributed by atoms with E-state index in [1.807, 2.05) is 0 Å². The Kier molecular flexibility index (Phi) is 2.37. The zero-order valence-corrected chi connectivity index (χ0v) is 7.60. The van der Waals surface area contributed by atoms with Crippen LogP contribution in [-0.2, 0) is 0 Å². The van der Waals surface area contributed by atoms with E-state index in [2.05, 4.69) is 17.5 Å². The van der Waals surface area contributed by atoms with Gasteiger partial charge in [0.15, 0.2) is 0 Å². The lowest BCUT2D eigenvalue weighted by Crippen LogP contribution is -2.24. The van der Waals surface area contributed by atoms with Gasteiger partial charge in [0, 0.05) is 25.4 Å². The summed E-state index contributed by atoms with van der Waals surface area (Å²) < 4.78 is 25.7. The summed E-state index contributed by atoms with van der Waals surface area (Å²) in [5.74, 6) is -2.16. The minimum atomic E-state index is -2.38. The lowest BCUT2D eigenvalue weighted by atomic mass is 9.99. The predicted molar refractivity (Wildman–Crippen MR) is 47.8 cm³/mol. The highest BCUT2D eigenvalue weighted by Crippen LogP contribution is 2.40. The molecule has 1 fully saturated rings.